The number of aliphatic hydroxyl groups is 1. The zero-order valence-corrected chi connectivity index (χ0v) is 12.5. The summed E-state index contributed by atoms with van der Waals surface area (Å²) in [5, 5.41) is 17.2. The summed E-state index contributed by atoms with van der Waals surface area (Å²) in [7, 11) is 1.63. The topological polar surface area (TPSA) is 47.3 Å². The summed E-state index contributed by atoms with van der Waals surface area (Å²) < 4.78 is 6.75. The van der Waals surface area contributed by atoms with Gasteiger partial charge in [0.05, 0.1) is 30.1 Å². The first kappa shape index (κ1) is 14.5. The first-order chi connectivity index (χ1) is 9.19. The standard InChI is InChI=1S/C13H17ClN2O2S/c1-3-9-4-7-19-13(9)12(17)11-10(14)8-15-16(11)5-6-18-2/h4,7-8,12,17H,3,5-6H2,1-2H3. The van der Waals surface area contributed by atoms with Crippen LogP contribution >= 0.6 is 22.9 Å². The van der Waals surface area contributed by atoms with Gasteiger partial charge in [0.25, 0.3) is 0 Å². The Labute approximate surface area is 121 Å². The number of rotatable bonds is 6. The average molecular weight is 301 g/mol. The number of thiophene rings is 1. The molecule has 0 amide bonds. The molecule has 6 heteroatoms. The van der Waals surface area contributed by atoms with Crippen LogP contribution in [-0.4, -0.2) is 28.6 Å². The van der Waals surface area contributed by atoms with E-state index in [-0.39, 0.29) is 0 Å². The van der Waals surface area contributed by atoms with Crippen LogP contribution in [0.3, 0.4) is 0 Å². The molecule has 0 aliphatic rings. The molecule has 19 heavy (non-hydrogen) atoms. The minimum absolute atomic E-state index is 0.485. The fourth-order valence-electron chi connectivity index (χ4n) is 2.00. The second kappa shape index (κ2) is 6.52. The molecule has 0 bridgehead atoms. The Morgan fingerprint density at radius 1 is 1.58 bits per heavy atom. The lowest BCUT2D eigenvalue weighted by Gasteiger charge is -2.14. The highest BCUT2D eigenvalue weighted by Crippen LogP contribution is 2.33. The molecule has 0 spiro atoms. The van der Waals surface area contributed by atoms with E-state index in [9.17, 15) is 5.11 Å². The molecule has 2 rings (SSSR count). The summed E-state index contributed by atoms with van der Waals surface area (Å²) in [6.07, 6.45) is 1.72. The summed E-state index contributed by atoms with van der Waals surface area (Å²) in [5.74, 6) is 0. The van der Waals surface area contributed by atoms with Gasteiger partial charge in [-0.1, -0.05) is 18.5 Å². The normalized spacial score (nSPS) is 12.8. The third-order valence-electron chi connectivity index (χ3n) is 3.01. The maximum atomic E-state index is 10.6. The molecule has 104 valence electrons. The summed E-state index contributed by atoms with van der Waals surface area (Å²) in [6, 6.07) is 2.03. The molecule has 0 aromatic carbocycles. The van der Waals surface area contributed by atoms with E-state index < -0.39 is 6.10 Å². The lowest BCUT2D eigenvalue weighted by atomic mass is 10.1. The van der Waals surface area contributed by atoms with Gasteiger partial charge in [0.2, 0.25) is 0 Å². The van der Waals surface area contributed by atoms with E-state index >= 15 is 0 Å². The fraction of sp³-hybridized carbons (Fsp3) is 0.462. The minimum atomic E-state index is -0.734. The molecule has 0 saturated heterocycles. The molecule has 2 aromatic rings. The zero-order chi connectivity index (χ0) is 13.8. The van der Waals surface area contributed by atoms with Crippen LogP contribution in [0.25, 0.3) is 0 Å². The number of aryl methyl sites for hydroxylation is 1. The number of aromatic nitrogens is 2. The molecule has 1 N–H and O–H groups in total. The predicted octanol–water partition coefficient (Wildman–Crippen LogP) is 2.89. The van der Waals surface area contributed by atoms with Gasteiger partial charge in [-0.15, -0.1) is 11.3 Å². The molecule has 1 unspecified atom stereocenters. The first-order valence-corrected chi connectivity index (χ1v) is 7.39. The van der Waals surface area contributed by atoms with Gasteiger partial charge >= 0.3 is 0 Å². The zero-order valence-electron chi connectivity index (χ0n) is 11.0. The monoisotopic (exact) mass is 300 g/mol. The van der Waals surface area contributed by atoms with E-state index in [4.69, 9.17) is 16.3 Å². The molecule has 0 fully saturated rings. The van der Waals surface area contributed by atoms with Gasteiger partial charge in [-0.2, -0.15) is 5.10 Å². The maximum Gasteiger partial charge on any atom is 0.132 e. The van der Waals surface area contributed by atoms with E-state index in [0.717, 1.165) is 16.9 Å². The largest absolute Gasteiger partial charge is 0.383 e. The van der Waals surface area contributed by atoms with Crippen LogP contribution in [-0.2, 0) is 17.7 Å². The number of aliphatic hydroxyl groups excluding tert-OH is 1. The van der Waals surface area contributed by atoms with Crippen molar-refractivity contribution in [1.29, 1.82) is 0 Å². The van der Waals surface area contributed by atoms with Crippen molar-refractivity contribution in [2.75, 3.05) is 13.7 Å². The molecular weight excluding hydrogens is 284 g/mol. The summed E-state index contributed by atoms with van der Waals surface area (Å²) in [5.41, 5.74) is 1.78. The van der Waals surface area contributed by atoms with Crippen LogP contribution in [0.1, 0.15) is 29.2 Å². The summed E-state index contributed by atoms with van der Waals surface area (Å²) in [6.45, 7) is 3.17. The molecule has 0 aliphatic heterocycles. The van der Waals surface area contributed by atoms with Gasteiger partial charge < -0.3 is 9.84 Å². The third kappa shape index (κ3) is 3.00. The lowest BCUT2D eigenvalue weighted by Crippen LogP contribution is -2.13. The SMILES string of the molecule is CCc1ccsc1C(O)c1c(Cl)cnn1CCOC. The van der Waals surface area contributed by atoms with Crippen molar-refractivity contribution in [3.8, 4) is 0 Å². The molecule has 0 aliphatic carbocycles. The highest BCUT2D eigenvalue weighted by atomic mass is 35.5. The molecule has 1 atom stereocenters. The molecule has 2 heterocycles. The Kier molecular flexibility index (Phi) is 4.99. The highest BCUT2D eigenvalue weighted by molar-refractivity contribution is 7.10. The second-order valence-electron chi connectivity index (χ2n) is 4.16. The Morgan fingerprint density at radius 2 is 2.37 bits per heavy atom. The van der Waals surface area contributed by atoms with E-state index in [1.54, 1.807) is 29.3 Å². The van der Waals surface area contributed by atoms with Gasteiger partial charge in [-0.25, -0.2) is 0 Å². The molecule has 2 aromatic heterocycles. The van der Waals surface area contributed by atoms with E-state index in [1.807, 2.05) is 11.4 Å². The Morgan fingerprint density at radius 3 is 3.05 bits per heavy atom. The Hall–Kier alpha value is -0.880. The molecule has 0 radical (unpaired) electrons. The second-order valence-corrected chi connectivity index (χ2v) is 5.51. The van der Waals surface area contributed by atoms with E-state index in [0.29, 0.717) is 23.9 Å². The number of hydrogen-bond donors (Lipinski definition) is 1. The molecule has 0 saturated carbocycles. The van der Waals surface area contributed by atoms with Gasteiger partial charge in [0.1, 0.15) is 6.10 Å². The van der Waals surface area contributed by atoms with Crippen LogP contribution in [0, 0.1) is 0 Å². The van der Waals surface area contributed by atoms with Crippen molar-refractivity contribution in [3.05, 3.63) is 38.8 Å². The average Bonchev–Trinajstić information content (AvgIpc) is 3.02. The van der Waals surface area contributed by atoms with Crippen molar-refractivity contribution < 1.29 is 9.84 Å². The van der Waals surface area contributed by atoms with Crippen molar-refractivity contribution in [3.63, 3.8) is 0 Å². The fourth-order valence-corrected chi connectivity index (χ4v) is 3.23. The number of halogens is 1. The van der Waals surface area contributed by atoms with Crippen molar-refractivity contribution in [2.24, 2.45) is 0 Å². The van der Waals surface area contributed by atoms with Gasteiger partial charge in [-0.3, -0.25) is 4.68 Å². The smallest absolute Gasteiger partial charge is 0.132 e. The quantitative estimate of drug-likeness (QED) is 0.892. The molecule has 4 nitrogen and oxygen atoms in total. The highest BCUT2D eigenvalue weighted by Gasteiger charge is 2.22. The van der Waals surface area contributed by atoms with E-state index in [2.05, 4.69) is 12.0 Å². The van der Waals surface area contributed by atoms with Crippen molar-refractivity contribution in [1.82, 2.24) is 9.78 Å². The van der Waals surface area contributed by atoms with Gasteiger partial charge in [0.15, 0.2) is 0 Å². The van der Waals surface area contributed by atoms with Gasteiger partial charge in [-0.05, 0) is 23.4 Å². The van der Waals surface area contributed by atoms with Crippen LogP contribution in [0.15, 0.2) is 17.6 Å². The third-order valence-corrected chi connectivity index (χ3v) is 4.31. The summed E-state index contributed by atoms with van der Waals surface area (Å²) in [4.78, 5) is 0.934. The van der Waals surface area contributed by atoms with Crippen LogP contribution in [0.2, 0.25) is 5.02 Å². The maximum absolute atomic E-state index is 10.6. The van der Waals surface area contributed by atoms with Gasteiger partial charge in [0, 0.05) is 12.0 Å². The van der Waals surface area contributed by atoms with E-state index in [1.165, 1.54) is 0 Å². The van der Waals surface area contributed by atoms with Crippen LogP contribution < -0.4 is 0 Å². The van der Waals surface area contributed by atoms with Crippen LogP contribution in [0.4, 0.5) is 0 Å². The number of hydrogen-bond acceptors (Lipinski definition) is 4. The number of ether oxygens (including phenoxy) is 1. The summed E-state index contributed by atoms with van der Waals surface area (Å²) >= 11 is 7.69. The van der Waals surface area contributed by atoms with Crippen molar-refractivity contribution >= 4 is 22.9 Å². The van der Waals surface area contributed by atoms with Crippen molar-refractivity contribution in [2.45, 2.75) is 26.0 Å². The Balaban J connectivity index is 2.32. The minimum Gasteiger partial charge on any atom is -0.383 e. The predicted molar refractivity (Wildman–Crippen MR) is 76.9 cm³/mol. The lowest BCUT2D eigenvalue weighted by molar-refractivity contribution is 0.172. The number of nitrogens with zero attached hydrogens (tertiary/aromatic N) is 2. The molecular formula is C13H17ClN2O2S. The number of methoxy groups -OCH3 is 1. The first-order valence-electron chi connectivity index (χ1n) is 6.13. The van der Waals surface area contributed by atoms with Crippen LogP contribution in [0.5, 0.6) is 0 Å². The Bertz CT molecular complexity index is 538.